The Balaban J connectivity index is 0.000000149. The van der Waals surface area contributed by atoms with Crippen LogP contribution in [0.15, 0.2) is 158 Å². The fourth-order valence-electron chi connectivity index (χ4n) is 9.58. The molecule has 0 radical (unpaired) electrons. The highest BCUT2D eigenvalue weighted by molar-refractivity contribution is 5.93. The van der Waals surface area contributed by atoms with Crippen molar-refractivity contribution in [2.45, 2.75) is 131 Å². The van der Waals surface area contributed by atoms with Crippen LogP contribution in [0.3, 0.4) is 0 Å². The Bertz CT molecular complexity index is 3240. The van der Waals surface area contributed by atoms with E-state index < -0.39 is 0 Å². The van der Waals surface area contributed by atoms with Gasteiger partial charge in [-0.25, -0.2) is 0 Å². The van der Waals surface area contributed by atoms with Gasteiger partial charge in [-0.05, 0) is 286 Å². The second-order valence-corrected chi connectivity index (χ2v) is 21.2. The molecule has 0 unspecified atom stereocenters. The summed E-state index contributed by atoms with van der Waals surface area (Å²) in [6.07, 6.45) is 1.03. The summed E-state index contributed by atoms with van der Waals surface area (Å²) in [5.74, 6) is 0. The lowest BCUT2D eigenvalue weighted by atomic mass is 9.94. The molecule has 0 bridgehead atoms. The molecule has 0 aliphatic heterocycles. The molecule has 0 aromatic heterocycles. The monoisotopic (exact) mass is 959 g/mol. The van der Waals surface area contributed by atoms with Crippen molar-refractivity contribution in [1.29, 1.82) is 0 Å². The summed E-state index contributed by atoms with van der Waals surface area (Å²) in [6.45, 7) is 39.1. The second-order valence-electron chi connectivity index (χ2n) is 21.2. The van der Waals surface area contributed by atoms with Gasteiger partial charge < -0.3 is 0 Å². The van der Waals surface area contributed by atoms with Gasteiger partial charge in [0.25, 0.3) is 0 Å². The van der Waals surface area contributed by atoms with Gasteiger partial charge in [0.05, 0.1) is 0 Å². The van der Waals surface area contributed by atoms with Crippen LogP contribution in [-0.4, -0.2) is 0 Å². The zero-order chi connectivity index (χ0) is 53.3. The third-order valence-electron chi connectivity index (χ3n) is 15.3. The topological polar surface area (TPSA) is 0 Å². The van der Waals surface area contributed by atoms with Crippen molar-refractivity contribution >= 4 is 32.3 Å². The van der Waals surface area contributed by atoms with E-state index in [4.69, 9.17) is 0 Å². The summed E-state index contributed by atoms with van der Waals surface area (Å²) < 4.78 is 0. The molecule has 0 aliphatic rings. The third-order valence-corrected chi connectivity index (χ3v) is 15.3. The highest BCUT2D eigenvalue weighted by Gasteiger charge is 2.07. The third kappa shape index (κ3) is 14.1. The maximum absolute atomic E-state index is 2.30. The molecule has 0 fully saturated rings. The van der Waals surface area contributed by atoms with Crippen molar-refractivity contribution in [3.63, 3.8) is 0 Å². The number of benzene rings is 10. The van der Waals surface area contributed by atoms with Gasteiger partial charge in [0.1, 0.15) is 0 Å². The van der Waals surface area contributed by atoms with Gasteiger partial charge in [-0.2, -0.15) is 0 Å². The van der Waals surface area contributed by atoms with Crippen molar-refractivity contribution < 1.29 is 0 Å². The normalized spacial score (nSPS) is 10.7. The molecular weight excluding hydrogens is 877 g/mol. The van der Waals surface area contributed by atoms with Crippen molar-refractivity contribution in [3.05, 3.63) is 269 Å². The van der Waals surface area contributed by atoms with Gasteiger partial charge in [0.15, 0.2) is 0 Å². The molecule has 10 rings (SSSR count). The van der Waals surface area contributed by atoms with Gasteiger partial charge in [0, 0.05) is 0 Å². The molecule has 73 heavy (non-hydrogen) atoms. The molecular formula is C73H82. The van der Waals surface area contributed by atoms with E-state index in [0.29, 0.717) is 0 Å². The Morgan fingerprint density at radius 3 is 0.753 bits per heavy atom. The van der Waals surface area contributed by atoms with E-state index in [0.717, 1.165) is 6.42 Å². The van der Waals surface area contributed by atoms with E-state index in [1.807, 2.05) is 0 Å². The number of fused-ring (bicyclic) bond motifs is 3. The maximum atomic E-state index is 2.30. The van der Waals surface area contributed by atoms with E-state index >= 15 is 0 Å². The van der Waals surface area contributed by atoms with Crippen LogP contribution in [0.4, 0.5) is 0 Å². The molecule has 10 aromatic carbocycles. The predicted octanol–water partition coefficient (Wildman–Crippen LogP) is 20.7. The van der Waals surface area contributed by atoms with E-state index in [1.54, 1.807) is 0 Å². The summed E-state index contributed by atoms with van der Waals surface area (Å²) in [4.78, 5) is 0. The largest absolute Gasteiger partial charge is 0.0614 e. The average Bonchev–Trinajstić information content (AvgIpc) is 3.35. The fourth-order valence-corrected chi connectivity index (χ4v) is 9.58. The van der Waals surface area contributed by atoms with Crippen LogP contribution in [-0.2, 0) is 6.42 Å². The molecule has 0 saturated carbocycles. The van der Waals surface area contributed by atoms with E-state index in [2.05, 4.69) is 282 Å². The molecule has 0 spiro atoms. The SMILES string of the molecule is Cc1cc2cc(C)c(C)cc2cc1C.Cc1ccc(-c2ccc(C)c(C)c2)cc1C.Cc1ccc(C)c2c(C)ccc(C)c12.Cc1ccc(Cc2ccc(C)c(C)c2)cc1C.Cc1cccc2c(C)cccc12. The number of hydrogen-bond acceptors (Lipinski definition) is 0. The smallest absolute Gasteiger partial charge is 0.00256 e. The Labute approximate surface area is 441 Å². The maximum Gasteiger partial charge on any atom is -0.00256 e. The predicted molar refractivity (Wildman–Crippen MR) is 325 cm³/mol. The zero-order valence-corrected chi connectivity index (χ0v) is 47.7. The first-order valence-corrected chi connectivity index (χ1v) is 26.3. The lowest BCUT2D eigenvalue weighted by molar-refractivity contribution is 1.15. The molecule has 0 amide bonds. The first-order chi connectivity index (χ1) is 34.6. The zero-order valence-electron chi connectivity index (χ0n) is 47.7. The first kappa shape index (κ1) is 55.3. The quantitative estimate of drug-likeness (QED) is 0.166. The minimum atomic E-state index is 1.03. The highest BCUT2D eigenvalue weighted by atomic mass is 14.1. The second kappa shape index (κ2) is 24.6. The Morgan fingerprint density at radius 1 is 0.205 bits per heavy atom. The summed E-state index contributed by atoms with van der Waals surface area (Å²) in [5, 5.41) is 8.33. The molecule has 0 saturated heterocycles. The van der Waals surface area contributed by atoms with Gasteiger partial charge in [-0.3, -0.25) is 0 Å². The standard InChI is InChI=1S/C17H20.C16H18.2C14H16.C12H12/c1-12-5-7-16(9-14(12)3)11-17-8-6-13(2)15(4)10-17;1-11-5-7-15(9-13(11)3)16-8-6-12(2)14(4)10-16;1-9-5-13-7-11(3)12(4)8-14(13)6-10(9)2;1-9-5-6-11(3)14-12(4)8-7-10(2)13(9)14;1-9-5-3-8-12-10(2)6-4-7-11(9)12/h5-10H,11H2,1-4H3;5-10H,1-4H3;2*5-8H,1-4H3;3-8H,1-2H3. The molecule has 0 N–H and O–H groups in total. The molecule has 0 aliphatic carbocycles. The van der Waals surface area contributed by atoms with Gasteiger partial charge >= 0.3 is 0 Å². The van der Waals surface area contributed by atoms with Crippen molar-refractivity contribution in [3.8, 4) is 11.1 Å². The first-order valence-electron chi connectivity index (χ1n) is 26.3. The average molecular weight is 959 g/mol. The lowest BCUT2D eigenvalue weighted by Crippen LogP contribution is -1.92. The van der Waals surface area contributed by atoms with Crippen LogP contribution >= 0.6 is 0 Å². The molecule has 0 atom stereocenters. The number of aryl methyl sites for hydroxylation is 18. The highest BCUT2D eigenvalue weighted by Crippen LogP contribution is 2.29. The summed E-state index contributed by atoms with van der Waals surface area (Å²) in [5.41, 5.74) is 30.1. The van der Waals surface area contributed by atoms with Crippen LogP contribution < -0.4 is 0 Å². The summed E-state index contributed by atoms with van der Waals surface area (Å²) >= 11 is 0. The molecule has 0 heteroatoms. The minimum absolute atomic E-state index is 1.03. The Kier molecular flexibility index (Phi) is 18.6. The van der Waals surface area contributed by atoms with Gasteiger partial charge in [0.2, 0.25) is 0 Å². The Hall–Kier alpha value is -7.02. The van der Waals surface area contributed by atoms with Crippen LogP contribution in [0.5, 0.6) is 0 Å². The molecule has 10 aromatic rings. The van der Waals surface area contributed by atoms with Crippen LogP contribution in [0, 0.1) is 125 Å². The van der Waals surface area contributed by atoms with Gasteiger partial charge in [-0.1, -0.05) is 158 Å². The van der Waals surface area contributed by atoms with E-state index in [1.165, 1.54) is 155 Å². The van der Waals surface area contributed by atoms with Crippen LogP contribution in [0.1, 0.15) is 111 Å². The van der Waals surface area contributed by atoms with Crippen LogP contribution in [0.2, 0.25) is 0 Å². The van der Waals surface area contributed by atoms with Gasteiger partial charge in [-0.15, -0.1) is 0 Å². The fraction of sp³-hybridized carbons (Fsp3) is 0.260. The van der Waals surface area contributed by atoms with Crippen molar-refractivity contribution in [1.82, 2.24) is 0 Å². The molecule has 0 nitrogen and oxygen atoms in total. The summed E-state index contributed by atoms with van der Waals surface area (Å²) in [7, 11) is 0. The minimum Gasteiger partial charge on any atom is -0.0614 e. The van der Waals surface area contributed by atoms with Crippen molar-refractivity contribution in [2.75, 3.05) is 0 Å². The van der Waals surface area contributed by atoms with E-state index in [-0.39, 0.29) is 0 Å². The molecule has 374 valence electrons. The summed E-state index contributed by atoms with van der Waals surface area (Å²) in [6, 6.07) is 57.7. The van der Waals surface area contributed by atoms with Crippen molar-refractivity contribution in [2.24, 2.45) is 0 Å². The number of hydrogen-bond donors (Lipinski definition) is 0. The lowest BCUT2D eigenvalue weighted by Gasteiger charge is -2.11. The van der Waals surface area contributed by atoms with E-state index in [9.17, 15) is 0 Å². The molecule has 0 heterocycles. The number of rotatable bonds is 3. The Morgan fingerprint density at radius 2 is 0.466 bits per heavy atom. The van der Waals surface area contributed by atoms with Crippen LogP contribution in [0.25, 0.3) is 43.4 Å².